The van der Waals surface area contributed by atoms with Crippen molar-refractivity contribution >= 4 is 68.6 Å². The quantitative estimate of drug-likeness (QED) is 0.170. The van der Waals surface area contributed by atoms with Crippen molar-refractivity contribution in [2.75, 3.05) is 14.7 Å². The maximum absolute atomic E-state index is 2.85. The summed E-state index contributed by atoms with van der Waals surface area (Å²) < 4.78 is 0. The maximum atomic E-state index is 2.85. The fourth-order valence-electron chi connectivity index (χ4n) is 10.6. The van der Waals surface area contributed by atoms with Crippen LogP contribution in [-0.4, -0.2) is 12.3 Å². The molecule has 2 atom stereocenters. The van der Waals surface area contributed by atoms with E-state index in [2.05, 4.69) is 178 Å². The van der Waals surface area contributed by atoms with Crippen molar-refractivity contribution in [3.8, 4) is 0 Å². The summed E-state index contributed by atoms with van der Waals surface area (Å²) >= 11 is 0. The molecule has 0 spiro atoms. The van der Waals surface area contributed by atoms with E-state index in [1.807, 2.05) is 0 Å². The van der Waals surface area contributed by atoms with Crippen LogP contribution in [0.1, 0.15) is 72.9 Å². The van der Waals surface area contributed by atoms with Crippen molar-refractivity contribution in [3.63, 3.8) is 0 Å². The van der Waals surface area contributed by atoms with Crippen LogP contribution in [0.25, 0.3) is 0 Å². The summed E-state index contributed by atoms with van der Waals surface area (Å²) in [5.74, 6) is 0. The Morgan fingerprint density at radius 2 is 1.19 bits per heavy atom. The minimum atomic E-state index is -0.0479. The Morgan fingerprint density at radius 3 is 1.89 bits per heavy atom. The van der Waals surface area contributed by atoms with Crippen LogP contribution in [0.15, 0.2) is 115 Å². The number of anilines is 8. The summed E-state index contributed by atoms with van der Waals surface area (Å²) in [4.78, 5) is 7.91. The molecule has 0 N–H and O–H groups in total. The van der Waals surface area contributed by atoms with E-state index in [9.17, 15) is 0 Å². The molecule has 10 rings (SSSR count). The summed E-state index contributed by atoms with van der Waals surface area (Å²) in [5, 5.41) is 0. The molecule has 6 aromatic rings. The van der Waals surface area contributed by atoms with E-state index in [1.165, 1.54) is 115 Å². The van der Waals surface area contributed by atoms with Gasteiger partial charge in [-0.1, -0.05) is 97.1 Å². The van der Waals surface area contributed by atoms with Crippen LogP contribution in [0, 0.1) is 34.6 Å². The number of fused-ring (bicyclic) bond motifs is 7. The smallest absolute Gasteiger partial charge is 0.252 e. The highest BCUT2D eigenvalue weighted by Gasteiger charge is 2.61. The molecule has 0 aromatic heterocycles. The molecule has 3 heterocycles. The van der Waals surface area contributed by atoms with Gasteiger partial charge in [-0.25, -0.2) is 0 Å². The summed E-state index contributed by atoms with van der Waals surface area (Å²) in [6.07, 6.45) is 4.93. The molecule has 2 unspecified atom stereocenters. The Bertz CT molecular complexity index is 2420. The van der Waals surface area contributed by atoms with Crippen LogP contribution < -0.4 is 31.1 Å². The highest BCUT2D eigenvalue weighted by molar-refractivity contribution is 7.00. The van der Waals surface area contributed by atoms with Gasteiger partial charge in [-0.2, -0.15) is 0 Å². The van der Waals surface area contributed by atoms with E-state index < -0.39 is 0 Å². The fraction of sp³-hybridized carbons (Fsp3) is 0.265. The molecule has 4 heteroatoms. The molecular formula is C49H48BN3. The molecule has 53 heavy (non-hydrogen) atoms. The van der Waals surface area contributed by atoms with Crippen LogP contribution in [0.2, 0.25) is 0 Å². The molecule has 0 radical (unpaired) electrons. The Morgan fingerprint density at radius 1 is 0.547 bits per heavy atom. The summed E-state index contributed by atoms with van der Waals surface area (Å²) in [6.45, 7) is 16.4. The molecular weight excluding hydrogens is 641 g/mol. The van der Waals surface area contributed by atoms with E-state index in [4.69, 9.17) is 0 Å². The third-order valence-corrected chi connectivity index (χ3v) is 13.4. The van der Waals surface area contributed by atoms with Crippen LogP contribution >= 0.6 is 0 Å². The predicted molar refractivity (Wildman–Crippen MR) is 227 cm³/mol. The number of hydrogen-bond donors (Lipinski definition) is 0. The number of hydrogen-bond acceptors (Lipinski definition) is 3. The molecule has 262 valence electrons. The van der Waals surface area contributed by atoms with Crippen LogP contribution in [0.4, 0.5) is 45.5 Å². The van der Waals surface area contributed by atoms with E-state index >= 15 is 0 Å². The lowest BCUT2D eigenvalue weighted by Crippen LogP contribution is -2.64. The third kappa shape index (κ3) is 4.54. The lowest BCUT2D eigenvalue weighted by Gasteiger charge is -2.53. The third-order valence-electron chi connectivity index (χ3n) is 13.4. The molecule has 6 aromatic carbocycles. The Balaban J connectivity index is 1.35. The molecule has 1 saturated carbocycles. The Labute approximate surface area is 316 Å². The zero-order valence-electron chi connectivity index (χ0n) is 32.2. The predicted octanol–water partition coefficient (Wildman–Crippen LogP) is 11.1. The maximum Gasteiger partial charge on any atom is 0.252 e. The first-order valence-corrected chi connectivity index (χ1v) is 19.6. The van der Waals surface area contributed by atoms with Gasteiger partial charge in [0.2, 0.25) is 0 Å². The lowest BCUT2D eigenvalue weighted by atomic mass is 9.33. The monoisotopic (exact) mass is 689 g/mol. The summed E-state index contributed by atoms with van der Waals surface area (Å²) in [7, 11) is 0. The highest BCUT2D eigenvalue weighted by Crippen LogP contribution is 2.62. The van der Waals surface area contributed by atoms with Gasteiger partial charge in [-0.05, 0) is 142 Å². The molecule has 1 aliphatic carbocycles. The van der Waals surface area contributed by atoms with Crippen molar-refractivity contribution < 1.29 is 0 Å². The number of aryl methyl sites for hydroxylation is 5. The standard InChI is InChI=1S/C49H48BN3/c1-31-13-18-36(19-14-31)51(37-20-15-32(2)16-21-37)39-29-44-46-45(30-39)53-47-40(48(6)23-8-9-24-49(48,53)7)26-35(5)27-42(47)50(46)41-22-17-34(4)28-43(41)52(44)38-12-10-11-33(3)25-38/h10-22,25-30H,8-9,23-24H2,1-7H3. The van der Waals surface area contributed by atoms with Gasteiger partial charge in [0.1, 0.15) is 0 Å². The van der Waals surface area contributed by atoms with Crippen molar-refractivity contribution in [3.05, 3.63) is 149 Å². The molecule has 3 aliphatic heterocycles. The van der Waals surface area contributed by atoms with E-state index in [0.29, 0.717) is 0 Å². The van der Waals surface area contributed by atoms with Gasteiger partial charge in [-0.3, -0.25) is 0 Å². The largest absolute Gasteiger partial charge is 0.335 e. The van der Waals surface area contributed by atoms with Crippen molar-refractivity contribution in [2.24, 2.45) is 0 Å². The molecule has 3 nitrogen and oxygen atoms in total. The average molecular weight is 690 g/mol. The van der Waals surface area contributed by atoms with Crippen molar-refractivity contribution in [1.82, 2.24) is 0 Å². The van der Waals surface area contributed by atoms with Crippen molar-refractivity contribution in [2.45, 2.75) is 85.1 Å². The van der Waals surface area contributed by atoms with E-state index in [1.54, 1.807) is 5.56 Å². The van der Waals surface area contributed by atoms with Gasteiger partial charge in [-0.15, -0.1) is 0 Å². The number of nitrogens with zero attached hydrogens (tertiary/aromatic N) is 3. The first-order chi connectivity index (χ1) is 25.6. The summed E-state index contributed by atoms with van der Waals surface area (Å²) in [5.41, 5.74) is 22.4. The second-order valence-electron chi connectivity index (χ2n) is 17.0. The molecule has 0 amide bonds. The first kappa shape index (κ1) is 32.4. The topological polar surface area (TPSA) is 9.72 Å². The minimum Gasteiger partial charge on any atom is -0.335 e. The molecule has 1 fully saturated rings. The van der Waals surface area contributed by atoms with E-state index in [0.717, 1.165) is 0 Å². The molecule has 4 aliphatic rings. The zero-order chi connectivity index (χ0) is 36.4. The SMILES string of the molecule is Cc1ccc(N(c2ccc(C)cc2)c2cc3c4c(c2)N2c5c(cc(C)cc5C5(C)CCCCC25C)B4c2ccc(C)cc2N3c2cccc(C)c2)cc1. The van der Waals surface area contributed by atoms with Gasteiger partial charge in [0, 0.05) is 45.2 Å². The lowest BCUT2D eigenvalue weighted by molar-refractivity contribution is 0.195. The normalized spacial score (nSPS) is 20.5. The Hall–Kier alpha value is -5.22. The van der Waals surface area contributed by atoms with Gasteiger partial charge >= 0.3 is 0 Å². The van der Waals surface area contributed by atoms with E-state index in [-0.39, 0.29) is 17.7 Å². The number of rotatable bonds is 4. The average Bonchev–Trinajstić information content (AvgIpc) is 3.35. The molecule has 0 bridgehead atoms. The summed E-state index contributed by atoms with van der Waals surface area (Å²) in [6, 6.07) is 44.5. The second kappa shape index (κ2) is 11.4. The highest BCUT2D eigenvalue weighted by atomic mass is 15.3. The first-order valence-electron chi connectivity index (χ1n) is 19.6. The minimum absolute atomic E-state index is 0.0479. The van der Waals surface area contributed by atoms with Gasteiger partial charge < -0.3 is 14.7 Å². The van der Waals surface area contributed by atoms with Gasteiger partial charge in [0.05, 0.1) is 11.2 Å². The van der Waals surface area contributed by atoms with Crippen molar-refractivity contribution in [1.29, 1.82) is 0 Å². The zero-order valence-corrected chi connectivity index (χ0v) is 32.2. The fourth-order valence-corrected chi connectivity index (χ4v) is 10.6. The number of benzene rings is 6. The second-order valence-corrected chi connectivity index (χ2v) is 17.0. The van der Waals surface area contributed by atoms with Crippen LogP contribution in [0.3, 0.4) is 0 Å². The van der Waals surface area contributed by atoms with Crippen LogP contribution in [0.5, 0.6) is 0 Å². The van der Waals surface area contributed by atoms with Gasteiger partial charge in [0.15, 0.2) is 0 Å². The molecule has 0 saturated heterocycles. The van der Waals surface area contributed by atoms with Gasteiger partial charge in [0.25, 0.3) is 6.71 Å². The van der Waals surface area contributed by atoms with Crippen LogP contribution in [-0.2, 0) is 5.41 Å². The Kier molecular flexibility index (Phi) is 6.97.